The predicted octanol–water partition coefficient (Wildman–Crippen LogP) is 2.22. The first kappa shape index (κ1) is 15.8. The molecule has 5 nitrogen and oxygen atoms in total. The topological polar surface area (TPSA) is 64.6 Å². The number of nitrogens with one attached hydrogen (secondary N) is 1. The van der Waals surface area contributed by atoms with Crippen LogP contribution < -0.4 is 14.2 Å². The standard InChI is InChI=1S/C16H16FNO4S/c17-14-4-1-12(2-5-14)11-23(19,20)18-10-13-3-6-15-16(9-13)22-8-7-21-15/h1-6,9,18H,7-8,10-11H2. The molecule has 0 spiro atoms. The Morgan fingerprint density at radius 1 is 0.957 bits per heavy atom. The van der Waals surface area contributed by atoms with Gasteiger partial charge in [0.2, 0.25) is 10.0 Å². The Hall–Kier alpha value is -2.12. The maximum absolute atomic E-state index is 12.8. The van der Waals surface area contributed by atoms with Crippen molar-refractivity contribution in [1.82, 2.24) is 4.72 Å². The number of rotatable bonds is 5. The van der Waals surface area contributed by atoms with Crippen LogP contribution in [0.1, 0.15) is 11.1 Å². The van der Waals surface area contributed by atoms with Gasteiger partial charge in [0.25, 0.3) is 0 Å². The fraction of sp³-hybridized carbons (Fsp3) is 0.250. The van der Waals surface area contributed by atoms with Crippen LogP contribution in [0, 0.1) is 5.82 Å². The van der Waals surface area contributed by atoms with E-state index in [1.165, 1.54) is 24.3 Å². The van der Waals surface area contributed by atoms with Crippen LogP contribution in [0.25, 0.3) is 0 Å². The predicted molar refractivity (Wildman–Crippen MR) is 83.3 cm³/mol. The third-order valence-corrected chi connectivity index (χ3v) is 4.67. The summed E-state index contributed by atoms with van der Waals surface area (Å²) in [6.07, 6.45) is 0. The molecule has 2 aromatic carbocycles. The summed E-state index contributed by atoms with van der Waals surface area (Å²) in [7, 11) is -3.51. The second-order valence-electron chi connectivity index (χ2n) is 5.18. The van der Waals surface area contributed by atoms with E-state index < -0.39 is 15.8 Å². The maximum atomic E-state index is 12.8. The molecule has 2 aromatic rings. The lowest BCUT2D eigenvalue weighted by Gasteiger charge is -2.19. The van der Waals surface area contributed by atoms with Crippen LogP contribution in [0.2, 0.25) is 0 Å². The van der Waals surface area contributed by atoms with Gasteiger partial charge in [-0.25, -0.2) is 17.5 Å². The minimum atomic E-state index is -3.51. The molecule has 0 radical (unpaired) electrons. The minimum absolute atomic E-state index is 0.153. The molecule has 0 bridgehead atoms. The lowest BCUT2D eigenvalue weighted by molar-refractivity contribution is 0.171. The first-order valence-electron chi connectivity index (χ1n) is 7.12. The van der Waals surface area contributed by atoms with E-state index in [4.69, 9.17) is 9.47 Å². The highest BCUT2D eigenvalue weighted by molar-refractivity contribution is 7.88. The van der Waals surface area contributed by atoms with Crippen LogP contribution in [0.5, 0.6) is 11.5 Å². The lowest BCUT2D eigenvalue weighted by atomic mass is 10.2. The molecule has 1 N–H and O–H groups in total. The summed E-state index contributed by atoms with van der Waals surface area (Å²) in [5, 5.41) is 0. The molecule has 7 heteroatoms. The third-order valence-electron chi connectivity index (χ3n) is 3.37. The van der Waals surface area contributed by atoms with Gasteiger partial charge in [-0.2, -0.15) is 0 Å². The number of hydrogen-bond donors (Lipinski definition) is 1. The zero-order chi connectivity index (χ0) is 16.3. The van der Waals surface area contributed by atoms with Gasteiger partial charge in [-0.1, -0.05) is 18.2 Å². The van der Waals surface area contributed by atoms with E-state index in [2.05, 4.69) is 4.72 Å². The van der Waals surface area contributed by atoms with Gasteiger partial charge in [0.05, 0.1) is 5.75 Å². The number of fused-ring (bicyclic) bond motifs is 1. The molecule has 122 valence electrons. The fourth-order valence-corrected chi connectivity index (χ4v) is 3.36. The minimum Gasteiger partial charge on any atom is -0.486 e. The molecule has 0 saturated heterocycles. The van der Waals surface area contributed by atoms with Crippen molar-refractivity contribution in [2.45, 2.75) is 12.3 Å². The first-order valence-corrected chi connectivity index (χ1v) is 8.77. The van der Waals surface area contributed by atoms with Crippen molar-refractivity contribution in [2.75, 3.05) is 13.2 Å². The molecule has 0 amide bonds. The van der Waals surface area contributed by atoms with Crippen molar-refractivity contribution < 1.29 is 22.3 Å². The quantitative estimate of drug-likeness (QED) is 0.909. The summed E-state index contributed by atoms with van der Waals surface area (Å²) >= 11 is 0. The highest BCUT2D eigenvalue weighted by Gasteiger charge is 2.14. The van der Waals surface area contributed by atoms with E-state index in [0.717, 1.165) is 5.56 Å². The van der Waals surface area contributed by atoms with Gasteiger partial charge in [0.15, 0.2) is 11.5 Å². The van der Waals surface area contributed by atoms with E-state index in [1.807, 2.05) is 0 Å². The summed E-state index contributed by atoms with van der Waals surface area (Å²) in [4.78, 5) is 0. The van der Waals surface area contributed by atoms with Crippen LogP contribution in [0.4, 0.5) is 4.39 Å². The second-order valence-corrected chi connectivity index (χ2v) is 6.99. The summed E-state index contributed by atoms with van der Waals surface area (Å²) < 4.78 is 50.4. The van der Waals surface area contributed by atoms with Gasteiger partial charge in [-0.3, -0.25) is 0 Å². The van der Waals surface area contributed by atoms with Gasteiger partial charge in [0, 0.05) is 6.54 Å². The van der Waals surface area contributed by atoms with Gasteiger partial charge >= 0.3 is 0 Å². The number of halogens is 1. The summed E-state index contributed by atoms with van der Waals surface area (Å²) in [5.74, 6) is 0.689. The molecule has 23 heavy (non-hydrogen) atoms. The molecule has 1 aliphatic rings. The van der Waals surface area contributed by atoms with Crippen LogP contribution in [0.3, 0.4) is 0 Å². The van der Waals surface area contributed by atoms with Crippen LogP contribution in [0.15, 0.2) is 42.5 Å². The van der Waals surface area contributed by atoms with E-state index in [-0.39, 0.29) is 12.3 Å². The Morgan fingerprint density at radius 2 is 1.61 bits per heavy atom. The largest absolute Gasteiger partial charge is 0.486 e. The van der Waals surface area contributed by atoms with Crippen LogP contribution in [-0.2, 0) is 22.3 Å². The zero-order valence-electron chi connectivity index (χ0n) is 12.3. The second kappa shape index (κ2) is 6.55. The van der Waals surface area contributed by atoms with Crippen molar-refractivity contribution in [3.8, 4) is 11.5 Å². The lowest BCUT2D eigenvalue weighted by Crippen LogP contribution is -2.25. The van der Waals surface area contributed by atoms with Crippen LogP contribution >= 0.6 is 0 Å². The molecule has 0 atom stereocenters. The molecule has 1 aliphatic heterocycles. The summed E-state index contributed by atoms with van der Waals surface area (Å²) in [6.45, 7) is 1.14. The molecule has 0 aromatic heterocycles. The molecule has 1 heterocycles. The maximum Gasteiger partial charge on any atom is 0.216 e. The van der Waals surface area contributed by atoms with Gasteiger partial charge in [0.1, 0.15) is 19.0 Å². The van der Waals surface area contributed by atoms with E-state index in [9.17, 15) is 12.8 Å². The van der Waals surface area contributed by atoms with Crippen molar-refractivity contribution in [2.24, 2.45) is 0 Å². The van der Waals surface area contributed by atoms with Crippen molar-refractivity contribution in [3.63, 3.8) is 0 Å². The number of benzene rings is 2. The highest BCUT2D eigenvalue weighted by Crippen LogP contribution is 2.30. The Labute approximate surface area is 134 Å². The Kier molecular flexibility index (Phi) is 4.49. The Morgan fingerprint density at radius 3 is 2.35 bits per heavy atom. The molecule has 0 unspecified atom stereocenters. The summed E-state index contributed by atoms with van der Waals surface area (Å²) in [6, 6.07) is 10.7. The Balaban J connectivity index is 1.63. The average molecular weight is 337 g/mol. The number of ether oxygens (including phenoxy) is 2. The summed E-state index contributed by atoms with van der Waals surface area (Å²) in [5.41, 5.74) is 1.30. The van der Waals surface area contributed by atoms with Crippen LogP contribution in [-0.4, -0.2) is 21.6 Å². The molecule has 0 fully saturated rings. The van der Waals surface area contributed by atoms with E-state index in [1.54, 1.807) is 18.2 Å². The number of hydrogen-bond acceptors (Lipinski definition) is 4. The van der Waals surface area contributed by atoms with Crippen molar-refractivity contribution in [3.05, 3.63) is 59.4 Å². The monoisotopic (exact) mass is 337 g/mol. The van der Waals surface area contributed by atoms with Crippen molar-refractivity contribution >= 4 is 10.0 Å². The van der Waals surface area contributed by atoms with Gasteiger partial charge in [-0.15, -0.1) is 0 Å². The van der Waals surface area contributed by atoms with E-state index in [0.29, 0.717) is 30.3 Å². The smallest absolute Gasteiger partial charge is 0.216 e. The van der Waals surface area contributed by atoms with Gasteiger partial charge < -0.3 is 9.47 Å². The number of sulfonamides is 1. The SMILES string of the molecule is O=S(=O)(Cc1ccc(F)cc1)NCc1ccc2c(c1)OCCO2. The zero-order valence-corrected chi connectivity index (χ0v) is 13.1. The molecular weight excluding hydrogens is 321 g/mol. The normalized spacial score (nSPS) is 13.8. The average Bonchev–Trinajstić information content (AvgIpc) is 2.55. The Bertz CT molecular complexity index is 790. The highest BCUT2D eigenvalue weighted by atomic mass is 32.2. The first-order chi connectivity index (χ1) is 11.0. The molecule has 0 aliphatic carbocycles. The van der Waals surface area contributed by atoms with Crippen molar-refractivity contribution in [1.29, 1.82) is 0 Å². The van der Waals surface area contributed by atoms with E-state index >= 15 is 0 Å². The molecular formula is C16H16FNO4S. The molecule has 0 saturated carbocycles. The molecule has 3 rings (SSSR count). The van der Waals surface area contributed by atoms with Gasteiger partial charge in [-0.05, 0) is 35.4 Å². The fourth-order valence-electron chi connectivity index (χ4n) is 2.24. The third kappa shape index (κ3) is 4.20.